The molecule has 0 fully saturated rings. The number of amides is 1. The molecule has 4 rings (SSSR count). The van der Waals surface area contributed by atoms with Crippen molar-refractivity contribution in [2.75, 3.05) is 12.5 Å². The van der Waals surface area contributed by atoms with Gasteiger partial charge in [-0.2, -0.15) is 0 Å². The number of fused-ring (bicyclic) bond motifs is 1. The van der Waals surface area contributed by atoms with Crippen molar-refractivity contribution < 1.29 is 14.3 Å². The van der Waals surface area contributed by atoms with Gasteiger partial charge < -0.3 is 9.47 Å². The summed E-state index contributed by atoms with van der Waals surface area (Å²) in [5.74, 6) is 1.70. The number of hydrogen-bond donors (Lipinski definition) is 2. The van der Waals surface area contributed by atoms with Crippen molar-refractivity contribution in [1.29, 1.82) is 0 Å². The molecule has 0 atom stereocenters. The summed E-state index contributed by atoms with van der Waals surface area (Å²) in [5.41, 5.74) is 6.59. The average molecular weight is 426 g/mol. The number of carbonyl (C=O) groups excluding carboxylic acids is 1. The van der Waals surface area contributed by atoms with Crippen molar-refractivity contribution in [2.45, 2.75) is 0 Å². The van der Waals surface area contributed by atoms with Crippen molar-refractivity contribution in [1.82, 2.24) is 10.4 Å². The first-order valence-corrected chi connectivity index (χ1v) is 9.86. The van der Waals surface area contributed by atoms with Gasteiger partial charge in [0.1, 0.15) is 22.8 Å². The summed E-state index contributed by atoms with van der Waals surface area (Å²) in [4.78, 5) is 16.8. The number of para-hydroxylation sites is 1. The van der Waals surface area contributed by atoms with Crippen molar-refractivity contribution in [3.8, 4) is 17.2 Å². The summed E-state index contributed by atoms with van der Waals surface area (Å²) >= 11 is 7.54. The quantitative estimate of drug-likeness (QED) is 0.398. The molecule has 29 heavy (non-hydrogen) atoms. The van der Waals surface area contributed by atoms with Gasteiger partial charge in [-0.3, -0.25) is 15.6 Å². The molecule has 0 saturated carbocycles. The van der Waals surface area contributed by atoms with E-state index in [2.05, 4.69) is 15.8 Å². The number of methoxy groups -OCH3 is 1. The van der Waals surface area contributed by atoms with Crippen LogP contribution < -0.4 is 20.3 Å². The van der Waals surface area contributed by atoms with Gasteiger partial charge in [0.05, 0.1) is 16.8 Å². The number of carbonyl (C=O) groups is 1. The first-order chi connectivity index (χ1) is 14.1. The lowest BCUT2D eigenvalue weighted by Gasteiger charge is -2.08. The molecule has 1 aromatic heterocycles. The largest absolute Gasteiger partial charge is 0.494 e. The minimum atomic E-state index is -0.298. The first-order valence-electron chi connectivity index (χ1n) is 8.66. The summed E-state index contributed by atoms with van der Waals surface area (Å²) in [6.45, 7) is 0. The smallest absolute Gasteiger partial charge is 0.269 e. The Kier molecular flexibility index (Phi) is 5.50. The Hall–Kier alpha value is -3.29. The van der Waals surface area contributed by atoms with Gasteiger partial charge in [-0.15, -0.1) is 0 Å². The molecule has 0 saturated heterocycles. The van der Waals surface area contributed by atoms with E-state index in [1.165, 1.54) is 11.3 Å². The number of hydrogen-bond acceptors (Lipinski definition) is 6. The standard InChI is InChI=1S/C21H16ClN3O3S/c1-27-17-12-11-16(22)19-18(17)23-21(29-19)25-24-20(26)13-7-9-15(10-8-13)28-14-5-3-2-4-6-14/h2-12H,1H3,(H,23,25)(H,24,26). The number of benzene rings is 3. The van der Waals surface area contributed by atoms with Gasteiger partial charge in [-0.25, -0.2) is 4.98 Å². The summed E-state index contributed by atoms with van der Waals surface area (Å²) < 4.78 is 11.8. The summed E-state index contributed by atoms with van der Waals surface area (Å²) in [7, 11) is 1.57. The van der Waals surface area contributed by atoms with Crippen molar-refractivity contribution >= 4 is 44.2 Å². The van der Waals surface area contributed by atoms with Crippen LogP contribution in [0.3, 0.4) is 0 Å². The highest BCUT2D eigenvalue weighted by Gasteiger charge is 2.13. The molecule has 4 aromatic rings. The molecule has 0 bridgehead atoms. The minimum absolute atomic E-state index is 0.298. The number of anilines is 1. The van der Waals surface area contributed by atoms with Crippen LogP contribution >= 0.6 is 22.9 Å². The van der Waals surface area contributed by atoms with Crippen LogP contribution in [0.25, 0.3) is 10.2 Å². The van der Waals surface area contributed by atoms with E-state index in [4.69, 9.17) is 21.1 Å². The number of rotatable bonds is 6. The molecule has 2 N–H and O–H groups in total. The van der Waals surface area contributed by atoms with Crippen LogP contribution in [-0.2, 0) is 0 Å². The molecule has 8 heteroatoms. The van der Waals surface area contributed by atoms with E-state index >= 15 is 0 Å². The highest BCUT2D eigenvalue weighted by Crippen LogP contribution is 2.37. The van der Waals surface area contributed by atoms with Crippen LogP contribution in [0.5, 0.6) is 17.2 Å². The Bertz CT molecular complexity index is 1150. The number of thiazole rings is 1. The zero-order chi connectivity index (χ0) is 20.2. The molecule has 0 spiro atoms. The van der Waals surface area contributed by atoms with E-state index in [9.17, 15) is 4.79 Å². The van der Waals surface area contributed by atoms with Crippen LogP contribution in [0.2, 0.25) is 5.02 Å². The highest BCUT2D eigenvalue weighted by molar-refractivity contribution is 7.22. The van der Waals surface area contributed by atoms with E-state index in [0.29, 0.717) is 32.7 Å². The fraction of sp³-hybridized carbons (Fsp3) is 0.0476. The molecule has 3 aromatic carbocycles. The third kappa shape index (κ3) is 4.26. The third-order valence-electron chi connectivity index (χ3n) is 4.06. The molecule has 0 aliphatic heterocycles. The summed E-state index contributed by atoms with van der Waals surface area (Å²) in [6, 6.07) is 19.8. The number of halogens is 1. The van der Waals surface area contributed by atoms with E-state index < -0.39 is 0 Å². The SMILES string of the molecule is COc1ccc(Cl)c2sc(NNC(=O)c3ccc(Oc4ccccc4)cc3)nc12. The van der Waals surface area contributed by atoms with Crippen LogP contribution in [0.4, 0.5) is 5.13 Å². The number of nitrogens with zero attached hydrogens (tertiary/aromatic N) is 1. The lowest BCUT2D eigenvalue weighted by Crippen LogP contribution is -2.29. The average Bonchev–Trinajstić information content (AvgIpc) is 3.19. The van der Waals surface area contributed by atoms with Crippen molar-refractivity contribution in [3.05, 3.63) is 77.3 Å². The number of ether oxygens (including phenoxy) is 2. The van der Waals surface area contributed by atoms with Crippen LogP contribution in [-0.4, -0.2) is 18.0 Å². The first kappa shape index (κ1) is 19.0. The molecular weight excluding hydrogens is 410 g/mol. The number of aromatic nitrogens is 1. The van der Waals surface area contributed by atoms with Gasteiger partial charge in [-0.05, 0) is 48.5 Å². The predicted octanol–water partition coefficient (Wildman–Crippen LogP) is 5.51. The van der Waals surface area contributed by atoms with Gasteiger partial charge in [0.25, 0.3) is 5.91 Å². The van der Waals surface area contributed by atoms with Gasteiger partial charge in [0.2, 0.25) is 5.13 Å². The summed E-state index contributed by atoms with van der Waals surface area (Å²) in [6.07, 6.45) is 0. The maximum atomic E-state index is 12.4. The lowest BCUT2D eigenvalue weighted by molar-refractivity contribution is 0.0962. The molecule has 1 amide bonds. The third-order valence-corrected chi connectivity index (χ3v) is 5.49. The Balaban J connectivity index is 1.42. The normalized spacial score (nSPS) is 10.6. The molecule has 0 aliphatic rings. The Labute approximate surface area is 176 Å². The highest BCUT2D eigenvalue weighted by atomic mass is 35.5. The van der Waals surface area contributed by atoms with Gasteiger partial charge in [0.15, 0.2) is 0 Å². The van der Waals surface area contributed by atoms with Gasteiger partial charge >= 0.3 is 0 Å². The second-order valence-corrected chi connectivity index (χ2v) is 7.37. The number of hydrazine groups is 1. The zero-order valence-electron chi connectivity index (χ0n) is 15.3. The van der Waals surface area contributed by atoms with E-state index in [1.807, 2.05) is 30.3 Å². The Morgan fingerprint density at radius 1 is 1.00 bits per heavy atom. The monoisotopic (exact) mass is 425 g/mol. The topological polar surface area (TPSA) is 72.5 Å². The maximum absolute atomic E-state index is 12.4. The number of nitrogens with one attached hydrogen (secondary N) is 2. The second kappa shape index (κ2) is 8.38. The molecule has 0 aliphatic carbocycles. The van der Waals surface area contributed by atoms with Gasteiger partial charge in [-0.1, -0.05) is 41.1 Å². The summed E-state index contributed by atoms with van der Waals surface area (Å²) in [5, 5.41) is 1.08. The Morgan fingerprint density at radius 2 is 1.72 bits per heavy atom. The van der Waals surface area contributed by atoms with E-state index in [1.54, 1.807) is 43.5 Å². The molecule has 146 valence electrons. The molecule has 0 radical (unpaired) electrons. The van der Waals surface area contributed by atoms with Crippen molar-refractivity contribution in [2.24, 2.45) is 0 Å². The predicted molar refractivity (Wildman–Crippen MR) is 115 cm³/mol. The van der Waals surface area contributed by atoms with E-state index in [-0.39, 0.29) is 5.91 Å². The maximum Gasteiger partial charge on any atom is 0.269 e. The van der Waals surface area contributed by atoms with Crippen molar-refractivity contribution in [3.63, 3.8) is 0 Å². The molecule has 6 nitrogen and oxygen atoms in total. The lowest BCUT2D eigenvalue weighted by atomic mass is 10.2. The van der Waals surface area contributed by atoms with Gasteiger partial charge in [0, 0.05) is 5.56 Å². The molecular formula is C21H16ClN3O3S. The molecule has 0 unspecified atom stereocenters. The van der Waals surface area contributed by atoms with Crippen LogP contribution in [0.15, 0.2) is 66.7 Å². The zero-order valence-corrected chi connectivity index (χ0v) is 16.9. The second-order valence-electron chi connectivity index (χ2n) is 5.97. The Morgan fingerprint density at radius 3 is 2.45 bits per heavy atom. The fourth-order valence-corrected chi connectivity index (χ4v) is 3.76. The van der Waals surface area contributed by atoms with Crippen LogP contribution in [0.1, 0.15) is 10.4 Å². The van der Waals surface area contributed by atoms with E-state index in [0.717, 1.165) is 10.4 Å². The molecule has 1 heterocycles. The minimum Gasteiger partial charge on any atom is -0.494 e. The fourth-order valence-electron chi connectivity index (χ4n) is 2.65. The van der Waals surface area contributed by atoms with Crippen LogP contribution in [0, 0.1) is 0 Å².